The SMILES string of the molecule is CC(C)N(Cc1ccc(Cl)c(Cl)c1)C(=O)CC1COCCN1.Cl. The van der Waals surface area contributed by atoms with Crippen LogP contribution in [-0.4, -0.2) is 42.6 Å². The van der Waals surface area contributed by atoms with E-state index in [9.17, 15) is 4.79 Å². The van der Waals surface area contributed by atoms with Crippen molar-refractivity contribution in [3.63, 3.8) is 0 Å². The van der Waals surface area contributed by atoms with Crippen molar-refractivity contribution in [1.82, 2.24) is 10.2 Å². The third kappa shape index (κ3) is 6.12. The van der Waals surface area contributed by atoms with Crippen LogP contribution in [-0.2, 0) is 16.1 Å². The Hall–Kier alpha value is -0.520. The van der Waals surface area contributed by atoms with E-state index in [1.54, 1.807) is 6.07 Å². The molecule has 1 fully saturated rings. The van der Waals surface area contributed by atoms with E-state index < -0.39 is 0 Å². The second-order valence-corrected chi connectivity index (χ2v) is 6.61. The van der Waals surface area contributed by atoms with Gasteiger partial charge in [0.25, 0.3) is 0 Å². The molecule has 0 aromatic heterocycles. The largest absolute Gasteiger partial charge is 0.378 e. The first-order valence-electron chi connectivity index (χ1n) is 7.52. The topological polar surface area (TPSA) is 41.6 Å². The van der Waals surface area contributed by atoms with Gasteiger partial charge in [-0.2, -0.15) is 0 Å². The van der Waals surface area contributed by atoms with E-state index in [2.05, 4.69) is 5.32 Å². The highest BCUT2D eigenvalue weighted by Gasteiger charge is 2.23. The molecule has 0 saturated carbocycles. The number of nitrogens with one attached hydrogen (secondary N) is 1. The third-order valence-electron chi connectivity index (χ3n) is 3.70. The Balaban J connectivity index is 0.00000264. The molecule has 1 aromatic rings. The van der Waals surface area contributed by atoms with Crippen molar-refractivity contribution in [2.45, 2.75) is 38.9 Å². The van der Waals surface area contributed by atoms with Crippen molar-refractivity contribution in [2.24, 2.45) is 0 Å². The van der Waals surface area contributed by atoms with E-state index >= 15 is 0 Å². The molecule has 0 bridgehead atoms. The summed E-state index contributed by atoms with van der Waals surface area (Å²) in [6, 6.07) is 5.69. The smallest absolute Gasteiger partial charge is 0.224 e. The zero-order valence-electron chi connectivity index (χ0n) is 13.4. The highest BCUT2D eigenvalue weighted by molar-refractivity contribution is 6.42. The first kappa shape index (κ1) is 20.5. The molecule has 0 aliphatic carbocycles. The number of morpholine rings is 1. The molecule has 1 atom stereocenters. The summed E-state index contributed by atoms with van der Waals surface area (Å²) in [5.74, 6) is 0.115. The number of hydrogen-bond acceptors (Lipinski definition) is 3. The number of ether oxygens (including phenoxy) is 1. The maximum Gasteiger partial charge on any atom is 0.224 e. The average molecular weight is 382 g/mol. The second-order valence-electron chi connectivity index (χ2n) is 5.79. The standard InChI is InChI=1S/C16H22Cl2N2O2.ClH/c1-11(2)20(9-12-3-4-14(17)15(18)7-12)16(21)8-13-10-22-6-5-19-13;/h3-4,7,11,13,19H,5-6,8-10H2,1-2H3;1H. The van der Waals surface area contributed by atoms with Crippen LogP contribution < -0.4 is 5.32 Å². The quantitative estimate of drug-likeness (QED) is 0.848. The van der Waals surface area contributed by atoms with E-state index in [0.29, 0.717) is 36.2 Å². The number of benzene rings is 1. The fraction of sp³-hybridized carbons (Fsp3) is 0.562. The predicted molar refractivity (Wildman–Crippen MR) is 96.6 cm³/mol. The van der Waals surface area contributed by atoms with Gasteiger partial charge in [-0.15, -0.1) is 12.4 Å². The van der Waals surface area contributed by atoms with E-state index in [0.717, 1.165) is 12.1 Å². The number of hydrogen-bond donors (Lipinski definition) is 1. The fourth-order valence-electron chi connectivity index (χ4n) is 2.47. The molecule has 0 radical (unpaired) electrons. The van der Waals surface area contributed by atoms with Gasteiger partial charge < -0.3 is 15.0 Å². The van der Waals surface area contributed by atoms with Crippen LogP contribution >= 0.6 is 35.6 Å². The van der Waals surface area contributed by atoms with Crippen LogP contribution in [0.1, 0.15) is 25.8 Å². The highest BCUT2D eigenvalue weighted by Crippen LogP contribution is 2.24. The number of amides is 1. The van der Waals surface area contributed by atoms with Crippen LogP contribution in [0, 0.1) is 0 Å². The maximum absolute atomic E-state index is 12.6. The van der Waals surface area contributed by atoms with Crippen molar-refractivity contribution in [1.29, 1.82) is 0 Å². The van der Waals surface area contributed by atoms with E-state index in [1.807, 2.05) is 30.9 Å². The number of rotatable bonds is 5. The summed E-state index contributed by atoms with van der Waals surface area (Å²) < 4.78 is 5.41. The lowest BCUT2D eigenvalue weighted by atomic mass is 10.1. The molecular weight excluding hydrogens is 359 g/mol. The second kappa shape index (κ2) is 9.70. The van der Waals surface area contributed by atoms with Crippen LogP contribution in [0.3, 0.4) is 0 Å². The third-order valence-corrected chi connectivity index (χ3v) is 4.44. The van der Waals surface area contributed by atoms with Gasteiger partial charge in [-0.3, -0.25) is 4.79 Å². The van der Waals surface area contributed by atoms with Crippen molar-refractivity contribution in [2.75, 3.05) is 19.8 Å². The lowest BCUT2D eigenvalue weighted by molar-refractivity contribution is -0.134. The van der Waals surface area contributed by atoms with Gasteiger partial charge in [0.1, 0.15) is 0 Å². The molecule has 1 heterocycles. The Labute approximate surface area is 153 Å². The average Bonchev–Trinajstić information content (AvgIpc) is 2.49. The Bertz CT molecular complexity index is 520. The zero-order valence-corrected chi connectivity index (χ0v) is 15.7. The summed E-state index contributed by atoms with van der Waals surface area (Å²) in [7, 11) is 0. The molecule has 1 unspecified atom stereocenters. The highest BCUT2D eigenvalue weighted by atomic mass is 35.5. The first-order valence-corrected chi connectivity index (χ1v) is 8.27. The number of carbonyl (C=O) groups is 1. The van der Waals surface area contributed by atoms with Gasteiger partial charge in [-0.1, -0.05) is 29.3 Å². The van der Waals surface area contributed by atoms with Gasteiger partial charge in [0.15, 0.2) is 0 Å². The molecule has 0 spiro atoms. The summed E-state index contributed by atoms with van der Waals surface area (Å²) in [4.78, 5) is 14.4. The lowest BCUT2D eigenvalue weighted by Crippen LogP contribution is -2.46. The van der Waals surface area contributed by atoms with E-state index in [-0.39, 0.29) is 30.4 Å². The van der Waals surface area contributed by atoms with Gasteiger partial charge in [-0.25, -0.2) is 0 Å². The summed E-state index contributed by atoms with van der Waals surface area (Å²) in [5.41, 5.74) is 0.976. The van der Waals surface area contributed by atoms with Crippen LogP contribution in [0.15, 0.2) is 18.2 Å². The summed E-state index contributed by atoms with van der Waals surface area (Å²) in [5, 5.41) is 4.35. The minimum Gasteiger partial charge on any atom is -0.378 e. The van der Waals surface area contributed by atoms with E-state index in [1.165, 1.54) is 0 Å². The van der Waals surface area contributed by atoms with Crippen molar-refractivity contribution < 1.29 is 9.53 Å². The van der Waals surface area contributed by atoms with Crippen molar-refractivity contribution in [3.8, 4) is 0 Å². The van der Waals surface area contributed by atoms with Crippen molar-refractivity contribution >= 4 is 41.5 Å². The molecule has 1 saturated heterocycles. The number of halogens is 3. The molecule has 1 aromatic carbocycles. The van der Waals surface area contributed by atoms with Crippen LogP contribution in [0.25, 0.3) is 0 Å². The molecule has 1 amide bonds. The number of carbonyl (C=O) groups excluding carboxylic acids is 1. The number of nitrogens with zero attached hydrogens (tertiary/aromatic N) is 1. The zero-order chi connectivity index (χ0) is 16.1. The Morgan fingerprint density at radius 1 is 1.39 bits per heavy atom. The van der Waals surface area contributed by atoms with Gasteiger partial charge in [0.05, 0.1) is 23.3 Å². The molecule has 23 heavy (non-hydrogen) atoms. The van der Waals surface area contributed by atoms with Gasteiger partial charge in [0, 0.05) is 31.6 Å². The molecule has 130 valence electrons. The monoisotopic (exact) mass is 380 g/mol. The summed E-state index contributed by atoms with van der Waals surface area (Å²) in [6.45, 7) is 6.65. The van der Waals surface area contributed by atoms with Gasteiger partial charge >= 0.3 is 0 Å². The lowest BCUT2D eigenvalue weighted by Gasteiger charge is -2.30. The molecule has 1 N–H and O–H groups in total. The van der Waals surface area contributed by atoms with Gasteiger partial charge in [0.2, 0.25) is 5.91 Å². The Morgan fingerprint density at radius 3 is 2.70 bits per heavy atom. The molecule has 1 aliphatic heterocycles. The molecule has 4 nitrogen and oxygen atoms in total. The Kier molecular flexibility index (Phi) is 8.65. The van der Waals surface area contributed by atoms with Gasteiger partial charge in [-0.05, 0) is 31.5 Å². The normalized spacial score (nSPS) is 17.7. The summed E-state index contributed by atoms with van der Waals surface area (Å²) in [6.07, 6.45) is 0.444. The predicted octanol–water partition coefficient (Wildman–Crippen LogP) is 3.53. The van der Waals surface area contributed by atoms with Crippen LogP contribution in [0.2, 0.25) is 10.0 Å². The molecule has 1 aliphatic rings. The fourth-order valence-corrected chi connectivity index (χ4v) is 2.79. The molecule has 2 rings (SSSR count). The maximum atomic E-state index is 12.6. The Morgan fingerprint density at radius 2 is 2.13 bits per heavy atom. The minimum atomic E-state index is 0. The first-order chi connectivity index (χ1) is 10.5. The summed E-state index contributed by atoms with van der Waals surface area (Å²) >= 11 is 12.0. The molecular formula is C16H23Cl3N2O2. The minimum absolute atomic E-state index is 0. The van der Waals surface area contributed by atoms with Crippen molar-refractivity contribution in [3.05, 3.63) is 33.8 Å². The molecule has 7 heteroatoms. The van der Waals surface area contributed by atoms with Crippen LogP contribution in [0.5, 0.6) is 0 Å². The van der Waals surface area contributed by atoms with E-state index in [4.69, 9.17) is 27.9 Å². The van der Waals surface area contributed by atoms with Crippen LogP contribution in [0.4, 0.5) is 0 Å².